The van der Waals surface area contributed by atoms with Crippen LogP contribution >= 0.6 is 0 Å². The van der Waals surface area contributed by atoms with Crippen LogP contribution in [0.25, 0.3) is 0 Å². The molecule has 2 aromatic rings. The number of likely N-dealkylation sites (tertiary alicyclic amines) is 1. The summed E-state index contributed by atoms with van der Waals surface area (Å²) in [5, 5.41) is 9.68. The van der Waals surface area contributed by atoms with Gasteiger partial charge in [-0.15, -0.1) is 0 Å². The molecule has 0 atom stereocenters. The van der Waals surface area contributed by atoms with E-state index in [4.69, 9.17) is 9.47 Å². The average molecular weight is 429 g/mol. The first-order chi connectivity index (χ1) is 14.9. The van der Waals surface area contributed by atoms with Gasteiger partial charge in [-0.2, -0.15) is 5.10 Å². The van der Waals surface area contributed by atoms with E-state index in [9.17, 15) is 14.4 Å². The number of rotatable bonds is 4. The Kier molecular flexibility index (Phi) is 5.65. The van der Waals surface area contributed by atoms with Crippen LogP contribution in [-0.2, 0) is 16.6 Å². The number of fused-ring (bicyclic) bond motifs is 1. The maximum Gasteiger partial charge on any atom is 0.356 e. The predicted molar refractivity (Wildman–Crippen MR) is 109 cm³/mol. The Morgan fingerprint density at radius 3 is 2.58 bits per heavy atom. The second kappa shape index (κ2) is 8.54. The summed E-state index contributed by atoms with van der Waals surface area (Å²) >= 11 is 0. The van der Waals surface area contributed by atoms with Crippen LogP contribution in [0.5, 0.6) is 11.5 Å². The van der Waals surface area contributed by atoms with Crippen molar-refractivity contribution in [3.8, 4) is 11.5 Å². The average Bonchev–Trinajstić information content (AvgIpc) is 3.39. The van der Waals surface area contributed by atoms with Gasteiger partial charge in [0.05, 0.1) is 7.11 Å². The quantitative estimate of drug-likeness (QED) is 0.711. The number of urea groups is 1. The standard InChI is InChI=1S/C20H23N5O6/c1-24-14(19(27)29-2)10-17(23-24)22-20(28)25-7-5-12(6-8-25)18(26)21-13-3-4-15-16(9-13)31-11-30-15/h3-4,9-10,12H,5-8,11H2,1-2H3,(H,21,26)(H,22,23,28). The number of nitrogens with zero attached hydrogens (tertiary/aromatic N) is 3. The molecule has 11 heteroatoms. The van der Waals surface area contributed by atoms with Gasteiger partial charge in [0, 0.05) is 43.9 Å². The first-order valence-corrected chi connectivity index (χ1v) is 9.83. The molecular weight excluding hydrogens is 406 g/mol. The highest BCUT2D eigenvalue weighted by atomic mass is 16.7. The third-order valence-corrected chi connectivity index (χ3v) is 5.30. The number of aryl methyl sites for hydroxylation is 1. The third-order valence-electron chi connectivity index (χ3n) is 5.30. The number of hydrogen-bond donors (Lipinski definition) is 2. The lowest BCUT2D eigenvalue weighted by Crippen LogP contribution is -2.43. The van der Waals surface area contributed by atoms with Crippen LogP contribution in [0.1, 0.15) is 23.3 Å². The van der Waals surface area contributed by atoms with E-state index in [1.54, 1.807) is 30.1 Å². The normalized spacial score (nSPS) is 15.5. The molecule has 0 radical (unpaired) electrons. The molecule has 4 rings (SSSR count). The Bertz CT molecular complexity index is 1010. The van der Waals surface area contributed by atoms with Crippen molar-refractivity contribution in [2.45, 2.75) is 12.8 Å². The van der Waals surface area contributed by atoms with E-state index in [1.807, 2.05) is 0 Å². The summed E-state index contributed by atoms with van der Waals surface area (Å²) in [7, 11) is 2.87. The molecule has 0 unspecified atom stereocenters. The Morgan fingerprint density at radius 1 is 1.10 bits per heavy atom. The Labute approximate surface area is 178 Å². The lowest BCUT2D eigenvalue weighted by atomic mass is 9.96. The van der Waals surface area contributed by atoms with E-state index in [0.717, 1.165) is 0 Å². The number of carbonyl (C=O) groups excluding carboxylic acids is 3. The lowest BCUT2D eigenvalue weighted by Gasteiger charge is -2.31. The number of anilines is 2. The van der Waals surface area contributed by atoms with Crippen LogP contribution < -0.4 is 20.1 Å². The molecule has 164 valence electrons. The molecule has 3 amide bonds. The van der Waals surface area contributed by atoms with Crippen molar-refractivity contribution in [1.29, 1.82) is 0 Å². The van der Waals surface area contributed by atoms with E-state index < -0.39 is 5.97 Å². The molecule has 31 heavy (non-hydrogen) atoms. The van der Waals surface area contributed by atoms with Gasteiger partial charge in [-0.05, 0) is 25.0 Å². The number of ether oxygens (including phenoxy) is 3. The molecule has 11 nitrogen and oxygen atoms in total. The number of benzene rings is 1. The van der Waals surface area contributed by atoms with Crippen LogP contribution in [-0.4, -0.2) is 59.6 Å². The SMILES string of the molecule is COC(=O)c1cc(NC(=O)N2CCC(C(=O)Nc3ccc4c(c3)OCO4)CC2)nn1C. The van der Waals surface area contributed by atoms with Gasteiger partial charge in [-0.25, -0.2) is 9.59 Å². The zero-order valence-corrected chi connectivity index (χ0v) is 17.2. The molecule has 1 aromatic carbocycles. The summed E-state index contributed by atoms with van der Waals surface area (Å²) in [6.45, 7) is 1.04. The Balaban J connectivity index is 1.28. The van der Waals surface area contributed by atoms with Gasteiger partial charge in [-0.3, -0.25) is 14.8 Å². The number of hydrogen-bond acceptors (Lipinski definition) is 7. The summed E-state index contributed by atoms with van der Waals surface area (Å²) in [6.07, 6.45) is 1.08. The molecule has 1 saturated heterocycles. The van der Waals surface area contributed by atoms with Gasteiger partial charge in [-0.1, -0.05) is 0 Å². The van der Waals surface area contributed by atoms with Crippen molar-refractivity contribution >= 4 is 29.4 Å². The summed E-state index contributed by atoms with van der Waals surface area (Å²) in [5.41, 5.74) is 0.877. The highest BCUT2D eigenvalue weighted by molar-refractivity contribution is 5.94. The summed E-state index contributed by atoms with van der Waals surface area (Å²) in [6, 6.07) is 6.38. The summed E-state index contributed by atoms with van der Waals surface area (Å²) in [4.78, 5) is 38.4. The van der Waals surface area contributed by atoms with E-state index in [2.05, 4.69) is 20.5 Å². The van der Waals surface area contributed by atoms with E-state index in [-0.39, 0.29) is 36.2 Å². The van der Waals surface area contributed by atoms with Crippen LogP contribution in [0.4, 0.5) is 16.3 Å². The van der Waals surface area contributed by atoms with Crippen LogP contribution in [0, 0.1) is 5.92 Å². The minimum Gasteiger partial charge on any atom is -0.464 e. The summed E-state index contributed by atoms with van der Waals surface area (Å²) < 4.78 is 16.6. The maximum atomic E-state index is 12.6. The largest absolute Gasteiger partial charge is 0.464 e. The molecule has 3 heterocycles. The third kappa shape index (κ3) is 4.39. The van der Waals surface area contributed by atoms with E-state index in [1.165, 1.54) is 17.9 Å². The van der Waals surface area contributed by atoms with Crippen molar-refractivity contribution in [2.75, 3.05) is 37.6 Å². The fourth-order valence-corrected chi connectivity index (χ4v) is 3.58. The summed E-state index contributed by atoms with van der Waals surface area (Å²) in [5.74, 6) is 0.695. The van der Waals surface area contributed by atoms with Crippen LogP contribution in [0.3, 0.4) is 0 Å². The number of aromatic nitrogens is 2. The van der Waals surface area contributed by atoms with Crippen molar-refractivity contribution in [3.63, 3.8) is 0 Å². The van der Waals surface area contributed by atoms with Gasteiger partial charge in [0.1, 0.15) is 5.69 Å². The molecule has 2 N–H and O–H groups in total. The Hall–Kier alpha value is -3.76. The van der Waals surface area contributed by atoms with Gasteiger partial charge in [0.25, 0.3) is 0 Å². The second-order valence-corrected chi connectivity index (χ2v) is 7.28. The van der Waals surface area contributed by atoms with Gasteiger partial charge >= 0.3 is 12.0 Å². The number of methoxy groups -OCH3 is 1. The zero-order valence-electron chi connectivity index (χ0n) is 17.2. The highest BCUT2D eigenvalue weighted by Crippen LogP contribution is 2.34. The fourth-order valence-electron chi connectivity index (χ4n) is 3.58. The topological polar surface area (TPSA) is 124 Å². The first kappa shape index (κ1) is 20.5. The number of nitrogens with one attached hydrogen (secondary N) is 2. The minimum atomic E-state index is -0.537. The molecule has 1 aromatic heterocycles. The number of piperidine rings is 1. The molecule has 0 bridgehead atoms. The lowest BCUT2D eigenvalue weighted by molar-refractivity contribution is -0.121. The number of carbonyl (C=O) groups is 3. The van der Waals surface area contributed by atoms with Gasteiger partial charge in [0.15, 0.2) is 17.3 Å². The zero-order chi connectivity index (χ0) is 22.0. The van der Waals surface area contributed by atoms with Crippen molar-refractivity contribution in [3.05, 3.63) is 30.0 Å². The van der Waals surface area contributed by atoms with Gasteiger partial charge < -0.3 is 24.4 Å². The maximum absolute atomic E-state index is 12.6. The van der Waals surface area contributed by atoms with Crippen LogP contribution in [0.2, 0.25) is 0 Å². The molecule has 2 aliphatic heterocycles. The van der Waals surface area contributed by atoms with Crippen molar-refractivity contribution in [2.24, 2.45) is 13.0 Å². The smallest absolute Gasteiger partial charge is 0.356 e. The van der Waals surface area contributed by atoms with Gasteiger partial charge in [0.2, 0.25) is 12.7 Å². The molecule has 0 spiro atoms. The van der Waals surface area contributed by atoms with E-state index >= 15 is 0 Å². The second-order valence-electron chi connectivity index (χ2n) is 7.28. The highest BCUT2D eigenvalue weighted by Gasteiger charge is 2.28. The molecular formula is C20H23N5O6. The van der Waals surface area contributed by atoms with E-state index in [0.29, 0.717) is 43.1 Å². The number of amides is 3. The molecule has 1 fully saturated rings. The molecule has 0 aliphatic carbocycles. The van der Waals surface area contributed by atoms with Crippen molar-refractivity contribution < 1.29 is 28.6 Å². The molecule has 2 aliphatic rings. The fraction of sp³-hybridized carbons (Fsp3) is 0.400. The Morgan fingerprint density at radius 2 is 1.84 bits per heavy atom. The minimum absolute atomic E-state index is 0.0913. The monoisotopic (exact) mass is 429 g/mol. The number of esters is 1. The molecule has 0 saturated carbocycles. The predicted octanol–water partition coefficient (Wildman–Crippen LogP) is 1.82. The van der Waals surface area contributed by atoms with Crippen molar-refractivity contribution in [1.82, 2.24) is 14.7 Å². The van der Waals surface area contributed by atoms with Crippen LogP contribution in [0.15, 0.2) is 24.3 Å². The first-order valence-electron chi connectivity index (χ1n) is 9.83.